The van der Waals surface area contributed by atoms with Crippen LogP contribution in [0.3, 0.4) is 0 Å². The lowest BCUT2D eigenvalue weighted by atomic mass is 9.88. The van der Waals surface area contributed by atoms with Crippen molar-refractivity contribution in [3.8, 4) is 0 Å². The Balaban J connectivity index is 1.39. The van der Waals surface area contributed by atoms with Gasteiger partial charge in [-0.3, -0.25) is 4.79 Å². The van der Waals surface area contributed by atoms with Gasteiger partial charge in [0.25, 0.3) is 0 Å². The molecule has 0 bridgehead atoms. The van der Waals surface area contributed by atoms with E-state index in [0.717, 1.165) is 56.8 Å². The summed E-state index contributed by atoms with van der Waals surface area (Å²) in [7, 11) is 0. The van der Waals surface area contributed by atoms with Crippen LogP contribution in [-0.2, 0) is 17.6 Å². The van der Waals surface area contributed by atoms with Crippen LogP contribution in [0.1, 0.15) is 28.9 Å². The van der Waals surface area contributed by atoms with E-state index < -0.39 is 0 Å². The van der Waals surface area contributed by atoms with Crippen LogP contribution in [0.25, 0.3) is 0 Å². The molecule has 1 fully saturated rings. The predicted molar refractivity (Wildman–Crippen MR) is 96.6 cm³/mol. The number of anilines is 1. The van der Waals surface area contributed by atoms with E-state index in [2.05, 4.69) is 52.4 Å². The van der Waals surface area contributed by atoms with Crippen molar-refractivity contribution in [2.24, 2.45) is 5.92 Å². The molecule has 2 aliphatic rings. The van der Waals surface area contributed by atoms with Crippen LogP contribution in [0.5, 0.6) is 0 Å². The quantitative estimate of drug-likeness (QED) is 0.907. The smallest absolute Gasteiger partial charge is 0.226 e. The van der Waals surface area contributed by atoms with Gasteiger partial charge in [0.2, 0.25) is 5.91 Å². The maximum absolute atomic E-state index is 12.9. The van der Waals surface area contributed by atoms with Crippen LogP contribution in [0.15, 0.2) is 18.2 Å². The summed E-state index contributed by atoms with van der Waals surface area (Å²) in [6, 6.07) is 6.46. The lowest BCUT2D eigenvalue weighted by molar-refractivity contribution is -0.136. The molecule has 1 N–H and O–H groups in total. The summed E-state index contributed by atoms with van der Waals surface area (Å²) in [6.45, 7) is 7.73. The average Bonchev–Trinajstić information content (AvgIpc) is 3.11. The van der Waals surface area contributed by atoms with Crippen LogP contribution >= 0.6 is 0 Å². The molecule has 1 atom stereocenters. The van der Waals surface area contributed by atoms with Crippen LogP contribution in [0.4, 0.5) is 5.69 Å². The molecule has 0 spiro atoms. The molecule has 1 saturated heterocycles. The number of fused-ring (bicyclic) bond motifs is 1. The fourth-order valence-corrected chi connectivity index (χ4v) is 4.00. The van der Waals surface area contributed by atoms with E-state index in [-0.39, 0.29) is 11.8 Å². The monoisotopic (exact) mass is 339 g/mol. The van der Waals surface area contributed by atoms with Gasteiger partial charge in [0.05, 0.1) is 11.4 Å². The number of aromatic nitrogens is 3. The third-order valence-electron chi connectivity index (χ3n) is 5.73. The number of H-pyrrole nitrogens is 1. The molecular formula is C19H25N5O. The highest BCUT2D eigenvalue weighted by atomic mass is 16.2. The van der Waals surface area contributed by atoms with Crippen molar-refractivity contribution in [1.29, 1.82) is 0 Å². The number of hydrogen-bond acceptors (Lipinski definition) is 4. The Morgan fingerprint density at radius 1 is 1.12 bits per heavy atom. The number of amides is 1. The number of aromatic amines is 1. The van der Waals surface area contributed by atoms with Crippen molar-refractivity contribution in [3.63, 3.8) is 0 Å². The lowest BCUT2D eigenvalue weighted by Gasteiger charge is -2.38. The van der Waals surface area contributed by atoms with Gasteiger partial charge >= 0.3 is 0 Å². The second-order valence-corrected chi connectivity index (χ2v) is 7.19. The summed E-state index contributed by atoms with van der Waals surface area (Å²) in [5.41, 5.74) is 5.97. The zero-order valence-corrected chi connectivity index (χ0v) is 15.0. The minimum atomic E-state index is 0.0601. The Hall–Kier alpha value is -2.37. The molecule has 25 heavy (non-hydrogen) atoms. The lowest BCUT2D eigenvalue weighted by Crippen LogP contribution is -2.51. The molecule has 132 valence electrons. The molecule has 4 rings (SSSR count). The zero-order chi connectivity index (χ0) is 17.4. The maximum atomic E-state index is 12.9. The first-order valence-electron chi connectivity index (χ1n) is 9.12. The van der Waals surface area contributed by atoms with Gasteiger partial charge in [-0.2, -0.15) is 15.4 Å². The molecule has 2 heterocycles. The molecule has 6 nitrogen and oxygen atoms in total. The molecule has 6 heteroatoms. The summed E-state index contributed by atoms with van der Waals surface area (Å²) in [5, 5.41) is 11.0. The Kier molecular flexibility index (Phi) is 4.19. The first-order valence-corrected chi connectivity index (χ1v) is 9.12. The number of rotatable bonds is 2. The molecule has 1 aromatic carbocycles. The topological polar surface area (TPSA) is 65.1 Å². The van der Waals surface area contributed by atoms with Gasteiger partial charge in [0, 0.05) is 44.2 Å². The SMILES string of the molecule is Cc1cccc(N2CCN(C(=O)C3CCc4n[nH]nc4C3)CC2)c1C. The van der Waals surface area contributed by atoms with E-state index in [1.54, 1.807) is 0 Å². The van der Waals surface area contributed by atoms with E-state index in [1.807, 2.05) is 4.90 Å². The molecule has 1 unspecified atom stereocenters. The van der Waals surface area contributed by atoms with Gasteiger partial charge in [0.1, 0.15) is 0 Å². The molecular weight excluding hydrogens is 314 g/mol. The summed E-state index contributed by atoms with van der Waals surface area (Å²) in [6.07, 6.45) is 2.46. The number of hydrogen-bond donors (Lipinski definition) is 1. The highest BCUT2D eigenvalue weighted by Gasteiger charge is 2.32. The highest BCUT2D eigenvalue weighted by molar-refractivity contribution is 5.79. The van der Waals surface area contributed by atoms with Crippen molar-refractivity contribution in [1.82, 2.24) is 20.3 Å². The molecule has 1 amide bonds. The number of piperazine rings is 1. The fourth-order valence-electron chi connectivity index (χ4n) is 4.00. The normalized spacial score (nSPS) is 20.5. The van der Waals surface area contributed by atoms with Gasteiger partial charge in [0.15, 0.2) is 0 Å². The van der Waals surface area contributed by atoms with Crippen LogP contribution < -0.4 is 4.90 Å². The summed E-state index contributed by atoms with van der Waals surface area (Å²) in [5.74, 6) is 0.346. The van der Waals surface area contributed by atoms with Gasteiger partial charge in [-0.05, 0) is 43.9 Å². The molecule has 0 radical (unpaired) electrons. The second kappa shape index (κ2) is 6.50. The molecule has 1 aromatic heterocycles. The Labute approximate surface area is 148 Å². The number of nitrogens with zero attached hydrogens (tertiary/aromatic N) is 4. The number of aryl methyl sites for hydroxylation is 2. The zero-order valence-electron chi connectivity index (χ0n) is 15.0. The largest absolute Gasteiger partial charge is 0.368 e. The Morgan fingerprint density at radius 2 is 1.88 bits per heavy atom. The molecule has 0 saturated carbocycles. The van der Waals surface area contributed by atoms with E-state index >= 15 is 0 Å². The number of carbonyl (C=O) groups excluding carboxylic acids is 1. The van der Waals surface area contributed by atoms with E-state index in [0.29, 0.717) is 0 Å². The fraction of sp³-hybridized carbons (Fsp3) is 0.526. The minimum Gasteiger partial charge on any atom is -0.368 e. The van der Waals surface area contributed by atoms with Crippen molar-refractivity contribution in [2.75, 3.05) is 31.1 Å². The second-order valence-electron chi connectivity index (χ2n) is 7.19. The molecule has 1 aliphatic heterocycles. The van der Waals surface area contributed by atoms with Crippen molar-refractivity contribution < 1.29 is 4.79 Å². The van der Waals surface area contributed by atoms with Crippen LogP contribution in [0.2, 0.25) is 0 Å². The number of carbonyl (C=O) groups is 1. The number of benzene rings is 1. The highest BCUT2D eigenvalue weighted by Crippen LogP contribution is 2.26. The van der Waals surface area contributed by atoms with E-state index in [4.69, 9.17) is 0 Å². The third kappa shape index (κ3) is 3.01. The summed E-state index contributed by atoms with van der Waals surface area (Å²) >= 11 is 0. The van der Waals surface area contributed by atoms with Crippen LogP contribution in [-0.4, -0.2) is 52.4 Å². The van der Waals surface area contributed by atoms with Crippen molar-refractivity contribution in [3.05, 3.63) is 40.7 Å². The van der Waals surface area contributed by atoms with Gasteiger partial charge in [-0.25, -0.2) is 0 Å². The Morgan fingerprint density at radius 3 is 2.68 bits per heavy atom. The first kappa shape index (κ1) is 16.1. The molecule has 1 aliphatic carbocycles. The summed E-state index contributed by atoms with van der Waals surface area (Å²) in [4.78, 5) is 17.3. The van der Waals surface area contributed by atoms with Crippen molar-refractivity contribution in [2.45, 2.75) is 33.1 Å². The summed E-state index contributed by atoms with van der Waals surface area (Å²) < 4.78 is 0. The minimum absolute atomic E-state index is 0.0601. The first-order chi connectivity index (χ1) is 12.1. The van der Waals surface area contributed by atoms with Crippen molar-refractivity contribution >= 4 is 11.6 Å². The predicted octanol–water partition coefficient (Wildman–Crippen LogP) is 1.88. The van der Waals surface area contributed by atoms with E-state index in [1.165, 1.54) is 16.8 Å². The van der Waals surface area contributed by atoms with Gasteiger partial charge in [-0.15, -0.1) is 0 Å². The van der Waals surface area contributed by atoms with Gasteiger partial charge in [-0.1, -0.05) is 12.1 Å². The van der Waals surface area contributed by atoms with Crippen LogP contribution in [0, 0.1) is 19.8 Å². The molecule has 2 aromatic rings. The third-order valence-corrected chi connectivity index (χ3v) is 5.73. The maximum Gasteiger partial charge on any atom is 0.226 e. The van der Waals surface area contributed by atoms with E-state index in [9.17, 15) is 4.79 Å². The standard InChI is InChI=1S/C19H25N5O/c1-13-4-3-5-18(14(13)2)23-8-10-24(11-9-23)19(25)15-6-7-16-17(12-15)21-22-20-16/h3-5,15H,6-12H2,1-2H3,(H,20,21,22). The average molecular weight is 339 g/mol. The van der Waals surface area contributed by atoms with Gasteiger partial charge < -0.3 is 9.80 Å². The number of nitrogens with one attached hydrogen (secondary N) is 1. The Bertz CT molecular complexity index is 776.